The number of hydrogen-bond donors (Lipinski definition) is 0. The van der Waals surface area contributed by atoms with E-state index in [-0.39, 0.29) is 11.7 Å². The van der Waals surface area contributed by atoms with Crippen molar-refractivity contribution in [1.82, 2.24) is 4.90 Å². The molecule has 3 nitrogen and oxygen atoms in total. The van der Waals surface area contributed by atoms with Crippen LogP contribution in [0.15, 0.2) is 47.5 Å². The zero-order valence-corrected chi connectivity index (χ0v) is 19.8. The second-order valence-corrected chi connectivity index (χ2v) is 9.97. The summed E-state index contributed by atoms with van der Waals surface area (Å²) in [6.45, 7) is 16.3. The number of likely N-dealkylation sites (N-methyl/N-ethyl adjacent to an activating group) is 1. The summed E-state index contributed by atoms with van der Waals surface area (Å²) in [4.78, 5) is 7.95. The van der Waals surface area contributed by atoms with Gasteiger partial charge >= 0.3 is 0 Å². The maximum absolute atomic E-state index is 5.57. The first-order valence-electron chi connectivity index (χ1n) is 11.1. The standard InChI is InChI=1S/C26H42N2O/c1-20(2)21(3)28(7)26(17-12-15-23(16-18-26)25(4,5)6)27-24(19-29-8)22-13-10-9-11-14-22/h9-11,13-14,21,23H,1,12,15-19H2,2-8H3/b27-24+. The molecule has 1 aromatic rings. The van der Waals surface area contributed by atoms with Crippen LogP contribution in [0.3, 0.4) is 0 Å². The molecule has 29 heavy (non-hydrogen) atoms. The summed E-state index contributed by atoms with van der Waals surface area (Å²) in [7, 11) is 3.99. The quantitative estimate of drug-likeness (QED) is 0.304. The maximum Gasteiger partial charge on any atom is 0.113 e. The second kappa shape index (κ2) is 10.0. The molecule has 3 unspecified atom stereocenters. The van der Waals surface area contributed by atoms with Crippen molar-refractivity contribution in [2.24, 2.45) is 16.3 Å². The van der Waals surface area contributed by atoms with Crippen molar-refractivity contribution in [2.75, 3.05) is 20.8 Å². The molecule has 0 aliphatic heterocycles. The van der Waals surface area contributed by atoms with Crippen LogP contribution >= 0.6 is 0 Å². The van der Waals surface area contributed by atoms with Crippen molar-refractivity contribution in [3.8, 4) is 0 Å². The molecule has 0 bridgehead atoms. The molecular formula is C26H42N2O. The number of ether oxygens (including phenoxy) is 1. The maximum atomic E-state index is 5.57. The van der Waals surface area contributed by atoms with Gasteiger partial charge in [-0.25, -0.2) is 0 Å². The minimum atomic E-state index is -0.220. The van der Waals surface area contributed by atoms with E-state index >= 15 is 0 Å². The van der Waals surface area contributed by atoms with E-state index in [1.807, 2.05) is 0 Å². The van der Waals surface area contributed by atoms with Crippen molar-refractivity contribution in [2.45, 2.75) is 78.4 Å². The largest absolute Gasteiger partial charge is 0.378 e. The van der Waals surface area contributed by atoms with Crippen molar-refractivity contribution < 1.29 is 4.74 Å². The number of rotatable bonds is 7. The Hall–Kier alpha value is -1.45. The third-order valence-electron chi connectivity index (χ3n) is 6.93. The summed E-state index contributed by atoms with van der Waals surface area (Å²) in [5, 5.41) is 0. The Morgan fingerprint density at radius 3 is 2.45 bits per heavy atom. The van der Waals surface area contributed by atoms with E-state index in [1.54, 1.807) is 7.11 Å². The first-order valence-corrected chi connectivity index (χ1v) is 11.1. The van der Waals surface area contributed by atoms with Gasteiger partial charge in [-0.2, -0.15) is 0 Å². The Balaban J connectivity index is 2.50. The molecule has 0 aromatic heterocycles. The Morgan fingerprint density at radius 2 is 1.90 bits per heavy atom. The van der Waals surface area contributed by atoms with Crippen LogP contribution in [0.1, 0.15) is 72.3 Å². The van der Waals surface area contributed by atoms with Crippen molar-refractivity contribution in [1.29, 1.82) is 0 Å². The molecule has 0 saturated heterocycles. The molecule has 3 atom stereocenters. The first kappa shape index (κ1) is 23.8. The smallest absolute Gasteiger partial charge is 0.113 e. The molecule has 1 aromatic carbocycles. The van der Waals surface area contributed by atoms with Gasteiger partial charge in [0.05, 0.1) is 12.3 Å². The lowest BCUT2D eigenvalue weighted by Crippen LogP contribution is -2.50. The van der Waals surface area contributed by atoms with Crippen LogP contribution in [0.5, 0.6) is 0 Å². The molecule has 1 fully saturated rings. The Labute approximate surface area is 179 Å². The predicted octanol–water partition coefficient (Wildman–Crippen LogP) is 6.34. The molecule has 1 saturated carbocycles. The first-order chi connectivity index (χ1) is 13.6. The van der Waals surface area contributed by atoms with Crippen LogP contribution in [0.2, 0.25) is 0 Å². The van der Waals surface area contributed by atoms with Crippen LogP contribution < -0.4 is 0 Å². The minimum absolute atomic E-state index is 0.220. The molecule has 162 valence electrons. The Kier molecular flexibility index (Phi) is 8.25. The lowest BCUT2D eigenvalue weighted by molar-refractivity contribution is 0.0793. The molecule has 1 aliphatic carbocycles. The van der Waals surface area contributed by atoms with Gasteiger partial charge in [-0.3, -0.25) is 9.89 Å². The lowest BCUT2D eigenvalue weighted by atomic mass is 9.76. The van der Waals surface area contributed by atoms with Gasteiger partial charge in [0.25, 0.3) is 0 Å². The van der Waals surface area contributed by atoms with Gasteiger partial charge in [0, 0.05) is 13.2 Å². The summed E-state index contributed by atoms with van der Waals surface area (Å²) in [5.41, 5.74) is 3.51. The van der Waals surface area contributed by atoms with Gasteiger partial charge in [0.15, 0.2) is 0 Å². The van der Waals surface area contributed by atoms with Crippen LogP contribution in [0, 0.1) is 11.3 Å². The molecule has 0 amide bonds. The zero-order valence-electron chi connectivity index (χ0n) is 19.8. The molecule has 2 rings (SSSR count). The SMILES string of the molecule is C=C(C)C(C)N(C)C1(/N=C(\COC)c2ccccc2)CCCC(C(C)(C)C)CC1. The number of aliphatic imine (C=N–C) groups is 1. The van der Waals surface area contributed by atoms with Gasteiger partial charge in [-0.1, -0.05) is 63.3 Å². The third-order valence-corrected chi connectivity index (χ3v) is 6.93. The molecule has 3 heteroatoms. The summed E-state index contributed by atoms with van der Waals surface area (Å²) < 4.78 is 5.57. The van der Waals surface area contributed by atoms with Gasteiger partial charge in [-0.05, 0) is 69.9 Å². The van der Waals surface area contributed by atoms with E-state index < -0.39 is 0 Å². The molecular weight excluding hydrogens is 356 g/mol. The van der Waals surface area contributed by atoms with Crippen molar-refractivity contribution in [3.63, 3.8) is 0 Å². The normalized spacial score (nSPS) is 25.0. The highest BCUT2D eigenvalue weighted by Crippen LogP contribution is 2.43. The van der Waals surface area contributed by atoms with Crippen LogP contribution in [0.25, 0.3) is 0 Å². The van der Waals surface area contributed by atoms with E-state index in [9.17, 15) is 0 Å². The highest BCUT2D eigenvalue weighted by atomic mass is 16.5. The third kappa shape index (κ3) is 6.02. The topological polar surface area (TPSA) is 24.8 Å². The number of methoxy groups -OCH3 is 1. The molecule has 0 spiro atoms. The average Bonchev–Trinajstić information content (AvgIpc) is 2.90. The highest BCUT2D eigenvalue weighted by molar-refractivity contribution is 6.01. The molecule has 1 aliphatic rings. The van der Waals surface area contributed by atoms with E-state index in [1.165, 1.54) is 24.8 Å². The molecule has 0 heterocycles. The summed E-state index contributed by atoms with van der Waals surface area (Å²) in [6.07, 6.45) is 5.83. The summed E-state index contributed by atoms with van der Waals surface area (Å²) in [5.74, 6) is 0.732. The van der Waals surface area contributed by atoms with Gasteiger partial charge in [0.1, 0.15) is 5.66 Å². The number of benzene rings is 1. The van der Waals surface area contributed by atoms with Crippen LogP contribution in [-0.4, -0.2) is 43.1 Å². The predicted molar refractivity (Wildman–Crippen MR) is 126 cm³/mol. The zero-order chi connectivity index (χ0) is 21.7. The van der Waals surface area contributed by atoms with Gasteiger partial charge in [0.2, 0.25) is 0 Å². The number of hydrogen-bond acceptors (Lipinski definition) is 3. The van der Waals surface area contributed by atoms with Gasteiger partial charge in [-0.15, -0.1) is 0 Å². The van der Waals surface area contributed by atoms with E-state index in [0.29, 0.717) is 12.0 Å². The average molecular weight is 399 g/mol. The fourth-order valence-electron chi connectivity index (χ4n) is 4.61. The summed E-state index contributed by atoms with van der Waals surface area (Å²) >= 11 is 0. The minimum Gasteiger partial charge on any atom is -0.378 e. The van der Waals surface area contributed by atoms with E-state index in [2.05, 4.69) is 83.5 Å². The van der Waals surface area contributed by atoms with Crippen LogP contribution in [0.4, 0.5) is 0 Å². The highest BCUT2D eigenvalue weighted by Gasteiger charge is 2.41. The monoisotopic (exact) mass is 398 g/mol. The Morgan fingerprint density at radius 1 is 1.24 bits per heavy atom. The number of nitrogens with zero attached hydrogens (tertiary/aromatic N) is 2. The Bertz CT molecular complexity index is 688. The fraction of sp³-hybridized carbons (Fsp3) is 0.654. The van der Waals surface area contributed by atoms with Crippen LogP contribution in [-0.2, 0) is 4.74 Å². The van der Waals surface area contributed by atoms with Gasteiger partial charge < -0.3 is 4.74 Å². The van der Waals surface area contributed by atoms with E-state index in [4.69, 9.17) is 9.73 Å². The molecule has 0 N–H and O–H groups in total. The lowest BCUT2D eigenvalue weighted by Gasteiger charge is -2.43. The fourth-order valence-corrected chi connectivity index (χ4v) is 4.61. The van der Waals surface area contributed by atoms with Crippen molar-refractivity contribution in [3.05, 3.63) is 48.0 Å². The van der Waals surface area contributed by atoms with Crippen molar-refractivity contribution >= 4 is 5.71 Å². The summed E-state index contributed by atoms with van der Waals surface area (Å²) in [6, 6.07) is 10.8. The second-order valence-electron chi connectivity index (χ2n) is 9.97. The molecule has 0 radical (unpaired) electrons. The van der Waals surface area contributed by atoms with E-state index in [0.717, 1.165) is 30.0 Å².